The second kappa shape index (κ2) is 5.79. The zero-order chi connectivity index (χ0) is 14.8. The molecule has 2 heterocycles. The van der Waals surface area contributed by atoms with Crippen molar-refractivity contribution >= 4 is 21.6 Å². The van der Waals surface area contributed by atoms with E-state index in [4.69, 9.17) is 0 Å². The van der Waals surface area contributed by atoms with Gasteiger partial charge in [-0.2, -0.15) is 0 Å². The molecule has 0 saturated heterocycles. The SMILES string of the molecule is CCc1cc2c(=O)n(C[C@@H](O)c3ccccc3)cnc2s1. The molecule has 1 N–H and O–H groups in total. The van der Waals surface area contributed by atoms with Gasteiger partial charge < -0.3 is 5.11 Å². The number of aromatic nitrogens is 2. The Kier molecular flexibility index (Phi) is 3.86. The highest BCUT2D eigenvalue weighted by molar-refractivity contribution is 7.18. The fraction of sp³-hybridized carbons (Fsp3) is 0.250. The van der Waals surface area contributed by atoms with Crippen LogP contribution in [0.5, 0.6) is 0 Å². The van der Waals surface area contributed by atoms with E-state index < -0.39 is 6.10 Å². The molecule has 21 heavy (non-hydrogen) atoms. The van der Waals surface area contributed by atoms with Crippen molar-refractivity contribution in [3.8, 4) is 0 Å². The second-order valence-corrected chi connectivity index (χ2v) is 6.03. The molecule has 0 unspecified atom stereocenters. The normalized spacial score (nSPS) is 12.7. The maximum atomic E-state index is 12.4. The fourth-order valence-electron chi connectivity index (χ4n) is 2.28. The molecular formula is C16H16N2O2S. The zero-order valence-electron chi connectivity index (χ0n) is 11.7. The molecule has 1 atom stereocenters. The molecule has 3 aromatic rings. The summed E-state index contributed by atoms with van der Waals surface area (Å²) in [6, 6.07) is 11.2. The average molecular weight is 300 g/mol. The minimum absolute atomic E-state index is 0.0917. The molecule has 0 radical (unpaired) electrons. The van der Waals surface area contributed by atoms with E-state index in [1.807, 2.05) is 36.4 Å². The highest BCUT2D eigenvalue weighted by Crippen LogP contribution is 2.21. The first-order valence-corrected chi connectivity index (χ1v) is 7.71. The summed E-state index contributed by atoms with van der Waals surface area (Å²) in [4.78, 5) is 18.7. The highest BCUT2D eigenvalue weighted by Gasteiger charge is 2.12. The standard InChI is InChI=1S/C16H16N2O2S/c1-2-12-8-13-15(21-12)17-10-18(16(13)20)9-14(19)11-6-4-3-5-7-11/h3-8,10,14,19H,2,9H2,1H3/t14-/m1/s1. The van der Waals surface area contributed by atoms with Gasteiger partial charge >= 0.3 is 0 Å². The van der Waals surface area contributed by atoms with E-state index in [1.165, 1.54) is 10.9 Å². The number of aliphatic hydroxyl groups excluding tert-OH is 1. The summed E-state index contributed by atoms with van der Waals surface area (Å²) in [6.07, 6.45) is 1.70. The van der Waals surface area contributed by atoms with Crippen LogP contribution < -0.4 is 5.56 Å². The molecule has 0 spiro atoms. The van der Waals surface area contributed by atoms with Gasteiger partial charge in [-0.15, -0.1) is 11.3 Å². The summed E-state index contributed by atoms with van der Waals surface area (Å²) < 4.78 is 1.48. The lowest BCUT2D eigenvalue weighted by molar-refractivity contribution is 0.155. The Balaban J connectivity index is 1.94. The van der Waals surface area contributed by atoms with E-state index >= 15 is 0 Å². The van der Waals surface area contributed by atoms with Gasteiger partial charge in [-0.3, -0.25) is 9.36 Å². The first kappa shape index (κ1) is 14.0. The molecule has 0 aliphatic rings. The maximum Gasteiger partial charge on any atom is 0.262 e. The Bertz CT molecular complexity index is 808. The van der Waals surface area contributed by atoms with Crippen LogP contribution in [0.25, 0.3) is 10.2 Å². The molecule has 2 aromatic heterocycles. The first-order valence-electron chi connectivity index (χ1n) is 6.90. The van der Waals surface area contributed by atoms with E-state index in [-0.39, 0.29) is 12.1 Å². The molecule has 108 valence electrons. The Morgan fingerprint density at radius 2 is 2.10 bits per heavy atom. The quantitative estimate of drug-likeness (QED) is 0.806. The molecule has 3 rings (SSSR count). The van der Waals surface area contributed by atoms with Crippen molar-refractivity contribution in [2.75, 3.05) is 0 Å². The smallest absolute Gasteiger partial charge is 0.262 e. The monoisotopic (exact) mass is 300 g/mol. The summed E-state index contributed by atoms with van der Waals surface area (Å²) in [5, 5.41) is 10.9. The predicted octanol–water partition coefficient (Wildman–Crippen LogP) is 2.75. The molecule has 0 fully saturated rings. The summed E-state index contributed by atoms with van der Waals surface area (Å²) >= 11 is 1.55. The Labute approximate surface area is 126 Å². The number of aliphatic hydroxyl groups is 1. The van der Waals surface area contributed by atoms with Crippen molar-refractivity contribution in [2.24, 2.45) is 0 Å². The van der Waals surface area contributed by atoms with Gasteiger partial charge in [-0.25, -0.2) is 4.98 Å². The molecule has 4 nitrogen and oxygen atoms in total. The van der Waals surface area contributed by atoms with Crippen LogP contribution in [-0.2, 0) is 13.0 Å². The number of nitrogens with zero attached hydrogens (tertiary/aromatic N) is 2. The van der Waals surface area contributed by atoms with Gasteiger partial charge in [0.25, 0.3) is 5.56 Å². The second-order valence-electron chi connectivity index (χ2n) is 4.91. The topological polar surface area (TPSA) is 55.1 Å². The van der Waals surface area contributed by atoms with Crippen molar-refractivity contribution in [2.45, 2.75) is 26.0 Å². The van der Waals surface area contributed by atoms with E-state index in [2.05, 4.69) is 11.9 Å². The zero-order valence-corrected chi connectivity index (χ0v) is 12.5. The van der Waals surface area contributed by atoms with Crippen LogP contribution in [0.2, 0.25) is 0 Å². The molecular weight excluding hydrogens is 284 g/mol. The van der Waals surface area contributed by atoms with Gasteiger partial charge in [0.2, 0.25) is 0 Å². The molecule has 0 aliphatic heterocycles. The lowest BCUT2D eigenvalue weighted by Crippen LogP contribution is -2.23. The van der Waals surface area contributed by atoms with E-state index in [0.29, 0.717) is 5.39 Å². The highest BCUT2D eigenvalue weighted by atomic mass is 32.1. The third-order valence-electron chi connectivity index (χ3n) is 3.47. The molecule has 0 saturated carbocycles. The number of rotatable bonds is 4. The van der Waals surface area contributed by atoms with Crippen LogP contribution in [0.1, 0.15) is 23.5 Å². The van der Waals surface area contributed by atoms with Crippen LogP contribution in [-0.4, -0.2) is 14.7 Å². The summed E-state index contributed by atoms with van der Waals surface area (Å²) in [7, 11) is 0. The first-order chi connectivity index (χ1) is 10.2. The van der Waals surface area contributed by atoms with Gasteiger partial charge in [0, 0.05) is 4.88 Å². The van der Waals surface area contributed by atoms with Crippen LogP contribution in [0.3, 0.4) is 0 Å². The number of thiophene rings is 1. The van der Waals surface area contributed by atoms with Crippen molar-refractivity contribution in [1.82, 2.24) is 9.55 Å². The Morgan fingerprint density at radius 3 is 2.81 bits per heavy atom. The summed E-state index contributed by atoms with van der Waals surface area (Å²) in [5.41, 5.74) is 0.704. The average Bonchev–Trinajstić information content (AvgIpc) is 2.95. The van der Waals surface area contributed by atoms with E-state index in [9.17, 15) is 9.90 Å². The van der Waals surface area contributed by atoms with Gasteiger partial charge in [0.05, 0.1) is 24.4 Å². The van der Waals surface area contributed by atoms with Crippen LogP contribution in [0, 0.1) is 0 Å². The lowest BCUT2D eigenvalue weighted by atomic mass is 10.1. The molecule has 0 amide bonds. The number of aryl methyl sites for hydroxylation is 1. The van der Waals surface area contributed by atoms with Crippen LogP contribution in [0.4, 0.5) is 0 Å². The molecule has 5 heteroatoms. The fourth-order valence-corrected chi connectivity index (χ4v) is 3.21. The minimum atomic E-state index is -0.715. The third kappa shape index (κ3) is 2.75. The number of fused-ring (bicyclic) bond motifs is 1. The van der Waals surface area contributed by atoms with Gasteiger partial charge in [-0.1, -0.05) is 37.3 Å². The van der Waals surface area contributed by atoms with Crippen molar-refractivity contribution in [1.29, 1.82) is 0 Å². The molecule has 0 bridgehead atoms. The lowest BCUT2D eigenvalue weighted by Gasteiger charge is -2.12. The van der Waals surface area contributed by atoms with Gasteiger partial charge in [0.15, 0.2) is 0 Å². The van der Waals surface area contributed by atoms with Crippen LogP contribution >= 0.6 is 11.3 Å². The minimum Gasteiger partial charge on any atom is -0.387 e. The third-order valence-corrected chi connectivity index (χ3v) is 4.66. The summed E-state index contributed by atoms with van der Waals surface area (Å²) in [6.45, 7) is 2.27. The van der Waals surface area contributed by atoms with Crippen LogP contribution in [0.15, 0.2) is 47.5 Å². The molecule has 0 aliphatic carbocycles. The van der Waals surface area contributed by atoms with Crippen molar-refractivity contribution < 1.29 is 5.11 Å². The number of hydrogen-bond donors (Lipinski definition) is 1. The summed E-state index contributed by atoms with van der Waals surface area (Å²) in [5.74, 6) is 0. The van der Waals surface area contributed by atoms with Gasteiger partial charge in [-0.05, 0) is 18.1 Å². The largest absolute Gasteiger partial charge is 0.387 e. The maximum absolute atomic E-state index is 12.4. The Hall–Kier alpha value is -1.98. The van der Waals surface area contributed by atoms with E-state index in [1.54, 1.807) is 11.3 Å². The van der Waals surface area contributed by atoms with Crippen molar-refractivity contribution in [3.63, 3.8) is 0 Å². The predicted molar refractivity (Wildman–Crippen MR) is 84.7 cm³/mol. The Morgan fingerprint density at radius 1 is 1.33 bits per heavy atom. The van der Waals surface area contributed by atoms with Crippen molar-refractivity contribution in [3.05, 3.63) is 63.5 Å². The number of benzene rings is 1. The number of hydrogen-bond acceptors (Lipinski definition) is 4. The van der Waals surface area contributed by atoms with E-state index in [0.717, 1.165) is 21.7 Å². The van der Waals surface area contributed by atoms with Gasteiger partial charge in [0.1, 0.15) is 4.83 Å². The molecule has 1 aromatic carbocycles.